The summed E-state index contributed by atoms with van der Waals surface area (Å²) in [6.07, 6.45) is 2.46. The van der Waals surface area contributed by atoms with E-state index in [-0.39, 0.29) is 6.04 Å². The molecule has 3 rings (SSSR count). The van der Waals surface area contributed by atoms with E-state index in [1.165, 1.54) is 5.56 Å². The van der Waals surface area contributed by atoms with Crippen molar-refractivity contribution in [2.75, 3.05) is 6.54 Å². The third-order valence-corrected chi connectivity index (χ3v) is 5.03. The number of carboxylic acid groups (broad SMARTS) is 1. The number of aromatic nitrogens is 1. The monoisotopic (exact) mass is 336 g/mol. The predicted molar refractivity (Wildman–Crippen MR) is 87.4 cm³/mol. The topological polar surface area (TPSA) is 53.4 Å². The molecule has 1 N–H and O–H groups in total. The summed E-state index contributed by atoms with van der Waals surface area (Å²) < 4.78 is 0. The molecule has 2 aromatic rings. The van der Waals surface area contributed by atoms with Crippen molar-refractivity contribution in [1.29, 1.82) is 0 Å². The van der Waals surface area contributed by atoms with Crippen molar-refractivity contribution in [3.05, 3.63) is 50.9 Å². The molecule has 1 aliphatic heterocycles. The molecular weight excluding hydrogens is 320 g/mol. The SMILES string of the molecule is O=C(O)C1CCCN1Cc1csc(Cc2ccc(Cl)cc2)n1. The van der Waals surface area contributed by atoms with Gasteiger partial charge >= 0.3 is 5.97 Å². The maximum atomic E-state index is 11.2. The molecule has 4 nitrogen and oxygen atoms in total. The van der Waals surface area contributed by atoms with E-state index in [0.29, 0.717) is 6.54 Å². The summed E-state index contributed by atoms with van der Waals surface area (Å²) in [4.78, 5) is 17.8. The van der Waals surface area contributed by atoms with Gasteiger partial charge < -0.3 is 5.11 Å². The molecule has 1 aromatic carbocycles. The second kappa shape index (κ2) is 6.77. The summed E-state index contributed by atoms with van der Waals surface area (Å²) in [6.45, 7) is 1.45. The van der Waals surface area contributed by atoms with Crippen LogP contribution in [-0.2, 0) is 17.8 Å². The van der Waals surface area contributed by atoms with Crippen molar-refractivity contribution in [2.24, 2.45) is 0 Å². The Morgan fingerprint density at radius 2 is 2.18 bits per heavy atom. The minimum atomic E-state index is -0.728. The first-order valence-electron chi connectivity index (χ1n) is 7.26. The Balaban J connectivity index is 1.63. The molecule has 1 fully saturated rings. The number of aliphatic carboxylic acids is 1. The van der Waals surface area contributed by atoms with E-state index in [1.54, 1.807) is 11.3 Å². The lowest BCUT2D eigenvalue weighted by Crippen LogP contribution is -2.35. The number of hydrogen-bond acceptors (Lipinski definition) is 4. The number of hydrogen-bond donors (Lipinski definition) is 1. The van der Waals surface area contributed by atoms with Crippen molar-refractivity contribution in [1.82, 2.24) is 9.88 Å². The molecule has 0 spiro atoms. The normalized spacial score (nSPS) is 18.7. The maximum Gasteiger partial charge on any atom is 0.320 e. The molecule has 1 saturated heterocycles. The summed E-state index contributed by atoms with van der Waals surface area (Å²) in [6, 6.07) is 7.41. The first-order chi connectivity index (χ1) is 10.6. The Morgan fingerprint density at radius 1 is 1.41 bits per heavy atom. The van der Waals surface area contributed by atoms with Crippen LogP contribution in [0.4, 0.5) is 0 Å². The molecule has 0 radical (unpaired) electrons. The lowest BCUT2D eigenvalue weighted by atomic mass is 10.2. The van der Waals surface area contributed by atoms with E-state index in [4.69, 9.17) is 11.6 Å². The molecular formula is C16H17ClN2O2S. The predicted octanol–water partition coefficient (Wildman–Crippen LogP) is 3.44. The van der Waals surface area contributed by atoms with Gasteiger partial charge in [-0.05, 0) is 37.1 Å². The average molecular weight is 337 g/mol. The second-order valence-corrected chi connectivity index (χ2v) is 6.88. The largest absolute Gasteiger partial charge is 0.480 e. The Labute approximate surface area is 138 Å². The average Bonchev–Trinajstić information content (AvgIpc) is 3.11. The van der Waals surface area contributed by atoms with Crippen LogP contribution in [0.3, 0.4) is 0 Å². The Kier molecular flexibility index (Phi) is 4.76. The molecule has 1 aromatic heterocycles. The molecule has 0 bridgehead atoms. The van der Waals surface area contributed by atoms with Crippen molar-refractivity contribution in [2.45, 2.75) is 31.8 Å². The van der Waals surface area contributed by atoms with E-state index in [2.05, 4.69) is 4.98 Å². The van der Waals surface area contributed by atoms with Gasteiger partial charge in [0.05, 0.1) is 10.7 Å². The Morgan fingerprint density at radius 3 is 2.91 bits per heavy atom. The van der Waals surface area contributed by atoms with Crippen molar-refractivity contribution in [3.63, 3.8) is 0 Å². The van der Waals surface area contributed by atoms with Crippen molar-refractivity contribution >= 4 is 28.9 Å². The zero-order valence-corrected chi connectivity index (χ0v) is 13.6. The molecule has 116 valence electrons. The Hall–Kier alpha value is -1.43. The van der Waals surface area contributed by atoms with Gasteiger partial charge in [-0.15, -0.1) is 11.3 Å². The van der Waals surface area contributed by atoms with Crippen LogP contribution in [0, 0.1) is 0 Å². The molecule has 1 atom stereocenters. The van der Waals surface area contributed by atoms with E-state index >= 15 is 0 Å². The maximum absolute atomic E-state index is 11.2. The van der Waals surface area contributed by atoms with Crippen LogP contribution >= 0.6 is 22.9 Å². The number of benzene rings is 1. The van der Waals surface area contributed by atoms with Crippen LogP contribution in [-0.4, -0.2) is 33.5 Å². The summed E-state index contributed by atoms with van der Waals surface area (Å²) >= 11 is 7.51. The van der Waals surface area contributed by atoms with Crippen LogP contribution < -0.4 is 0 Å². The van der Waals surface area contributed by atoms with Gasteiger partial charge in [-0.1, -0.05) is 23.7 Å². The first kappa shape index (κ1) is 15.5. The van der Waals surface area contributed by atoms with Gasteiger partial charge in [0.15, 0.2) is 0 Å². The second-order valence-electron chi connectivity index (χ2n) is 5.50. The van der Waals surface area contributed by atoms with Gasteiger partial charge in [0, 0.05) is 23.4 Å². The van der Waals surface area contributed by atoms with Crippen LogP contribution in [0.2, 0.25) is 5.02 Å². The summed E-state index contributed by atoms with van der Waals surface area (Å²) in [5.74, 6) is -0.728. The third-order valence-electron chi connectivity index (χ3n) is 3.88. The zero-order chi connectivity index (χ0) is 15.5. The number of likely N-dealkylation sites (tertiary alicyclic amines) is 1. The van der Waals surface area contributed by atoms with E-state index < -0.39 is 5.97 Å². The summed E-state index contributed by atoms with van der Waals surface area (Å²) in [5, 5.41) is 13.0. The smallest absolute Gasteiger partial charge is 0.320 e. The lowest BCUT2D eigenvalue weighted by molar-refractivity contribution is -0.142. The molecule has 1 aliphatic rings. The Bertz CT molecular complexity index is 656. The number of halogens is 1. The lowest BCUT2D eigenvalue weighted by Gasteiger charge is -2.19. The van der Waals surface area contributed by atoms with Crippen LogP contribution in [0.25, 0.3) is 0 Å². The molecule has 0 aliphatic carbocycles. The van der Waals surface area contributed by atoms with Gasteiger partial charge in [-0.3, -0.25) is 9.69 Å². The van der Waals surface area contributed by atoms with E-state index in [1.807, 2.05) is 34.5 Å². The summed E-state index contributed by atoms with van der Waals surface area (Å²) in [5.41, 5.74) is 2.14. The van der Waals surface area contributed by atoms with E-state index in [0.717, 1.165) is 41.5 Å². The highest BCUT2D eigenvalue weighted by molar-refractivity contribution is 7.09. The highest BCUT2D eigenvalue weighted by Gasteiger charge is 2.30. The van der Waals surface area contributed by atoms with Gasteiger partial charge in [-0.25, -0.2) is 4.98 Å². The zero-order valence-electron chi connectivity index (χ0n) is 12.0. The quantitative estimate of drug-likeness (QED) is 0.908. The fraction of sp³-hybridized carbons (Fsp3) is 0.375. The third kappa shape index (κ3) is 3.66. The molecule has 6 heteroatoms. The van der Waals surface area contributed by atoms with Crippen LogP contribution in [0.5, 0.6) is 0 Å². The molecule has 1 unspecified atom stereocenters. The van der Waals surface area contributed by atoms with E-state index in [9.17, 15) is 9.90 Å². The van der Waals surface area contributed by atoms with Crippen molar-refractivity contribution in [3.8, 4) is 0 Å². The standard InChI is InChI=1S/C16H17ClN2O2S/c17-12-5-3-11(4-6-12)8-15-18-13(10-22-15)9-19-7-1-2-14(19)16(20)21/h3-6,10,14H,1-2,7-9H2,(H,20,21). The van der Waals surface area contributed by atoms with Crippen LogP contribution in [0.1, 0.15) is 29.1 Å². The first-order valence-corrected chi connectivity index (χ1v) is 8.52. The number of nitrogens with zero attached hydrogens (tertiary/aromatic N) is 2. The molecule has 0 amide bonds. The number of carboxylic acids is 1. The highest BCUT2D eigenvalue weighted by Crippen LogP contribution is 2.22. The molecule has 2 heterocycles. The minimum absolute atomic E-state index is 0.360. The number of thiazole rings is 1. The van der Waals surface area contributed by atoms with Gasteiger partial charge in [0.2, 0.25) is 0 Å². The molecule has 0 saturated carbocycles. The number of carbonyl (C=O) groups is 1. The van der Waals surface area contributed by atoms with Gasteiger partial charge in [0.25, 0.3) is 0 Å². The minimum Gasteiger partial charge on any atom is -0.480 e. The number of rotatable bonds is 5. The molecule has 22 heavy (non-hydrogen) atoms. The van der Waals surface area contributed by atoms with Crippen LogP contribution in [0.15, 0.2) is 29.6 Å². The van der Waals surface area contributed by atoms with Crippen molar-refractivity contribution < 1.29 is 9.90 Å². The summed E-state index contributed by atoms with van der Waals surface area (Å²) in [7, 11) is 0. The van der Waals surface area contributed by atoms with Gasteiger partial charge in [0.1, 0.15) is 6.04 Å². The van der Waals surface area contributed by atoms with Gasteiger partial charge in [-0.2, -0.15) is 0 Å². The fourth-order valence-corrected chi connectivity index (χ4v) is 3.73. The highest BCUT2D eigenvalue weighted by atomic mass is 35.5. The fourth-order valence-electron chi connectivity index (χ4n) is 2.78.